The molecule has 14 rings (SSSR count). The molecule has 0 saturated heterocycles. The summed E-state index contributed by atoms with van der Waals surface area (Å²) in [6.07, 6.45) is 17.2. The number of hydrogen-bond donors (Lipinski definition) is 6. The van der Waals surface area contributed by atoms with E-state index in [1.165, 1.54) is 77.9 Å². The monoisotopic (exact) mass is 1560 g/mol. The Labute approximate surface area is 694 Å². The minimum absolute atomic E-state index is 0.00570. The second-order valence-electron chi connectivity index (χ2n) is 38.4. The molecule has 6 N–H and O–H groups in total. The molecule has 8 heteroatoms. The molecule has 10 aromatic carbocycles. The van der Waals surface area contributed by atoms with Crippen molar-refractivity contribution in [3.8, 4) is 34.5 Å². The second kappa shape index (κ2) is 33.4. The van der Waals surface area contributed by atoms with Gasteiger partial charge in [-0.2, -0.15) is 0 Å². The fourth-order valence-electron chi connectivity index (χ4n) is 22.4. The van der Waals surface area contributed by atoms with E-state index in [1.807, 2.05) is 52.0 Å². The fourth-order valence-corrected chi connectivity index (χ4v) is 22.4. The van der Waals surface area contributed by atoms with E-state index in [-0.39, 0.29) is 56.5 Å². The molecule has 0 bridgehead atoms. The number of rotatable bonds is 20. The molecule has 0 spiro atoms. The molecule has 8 nitrogen and oxygen atoms in total. The Hall–Kier alpha value is -9.08. The second-order valence-corrected chi connectivity index (χ2v) is 38.4. The van der Waals surface area contributed by atoms with Gasteiger partial charge in [0.1, 0.15) is 34.5 Å². The van der Waals surface area contributed by atoms with E-state index in [1.54, 1.807) is 14.2 Å². The van der Waals surface area contributed by atoms with Crippen LogP contribution in [0.4, 0.5) is 0 Å². The zero-order chi connectivity index (χ0) is 83.2. The van der Waals surface area contributed by atoms with Crippen LogP contribution in [0.3, 0.4) is 0 Å². The van der Waals surface area contributed by atoms with E-state index in [2.05, 4.69) is 253 Å². The van der Waals surface area contributed by atoms with Crippen LogP contribution in [-0.2, 0) is 56.5 Å². The van der Waals surface area contributed by atoms with Gasteiger partial charge < -0.3 is 40.1 Å². The molecular weight excluding hydrogens is 1430 g/mol. The van der Waals surface area contributed by atoms with Gasteiger partial charge in [-0.25, -0.2) is 0 Å². The van der Waals surface area contributed by atoms with Crippen LogP contribution in [0.25, 0.3) is 0 Å². The Balaban J connectivity index is 0.000000202. The largest absolute Gasteiger partial charge is 0.508 e. The van der Waals surface area contributed by atoms with Gasteiger partial charge in [-0.05, 0) is 362 Å². The van der Waals surface area contributed by atoms with Crippen molar-refractivity contribution in [3.05, 3.63) is 317 Å². The standard InChI is InChI=1S/C56H70O4.C52H62O4/c1-37-30-47(16-14-41(37)35-57)55(48-17-15-42(36-58)38(2)31-48)26-22-43(23-27-55)53(5,6)45-12-11-13-46(34-45)54(7,8)44-24-28-56(29-25-44,49-18-20-51(59-9)39(3)32-49)50-19-21-52(60-10)40(4)33-50;1-33-28-41(12-16-45(33)53)51(42-13-17-46(54)34(2)29-42)24-20-37(21-25-51)49(5,6)39-10-9-11-40(32-39)50(7,8)38-22-26-52(27-23-38,43-14-18-47(55)35(3)30-43)44-15-19-48(56)36(4)31-44/h11-21,30-34,43-44,57-58H,22-29,35-36H2,1-10H3;9-19,28-32,37-38,53-56H,20-27H2,1-8H3. The van der Waals surface area contributed by atoms with E-state index >= 15 is 0 Å². The minimum atomic E-state index is -0.179. The Kier molecular flexibility index (Phi) is 24.4. The number of phenolic OH excluding ortho intramolecular Hbond substituents is 4. The van der Waals surface area contributed by atoms with Gasteiger partial charge in [0.2, 0.25) is 0 Å². The Bertz CT molecular complexity index is 4640. The Morgan fingerprint density at radius 3 is 0.655 bits per heavy atom. The van der Waals surface area contributed by atoms with Crippen LogP contribution >= 0.6 is 0 Å². The molecule has 4 aliphatic rings. The molecule has 116 heavy (non-hydrogen) atoms. The lowest BCUT2D eigenvalue weighted by molar-refractivity contribution is 0.184. The lowest BCUT2D eigenvalue weighted by Crippen LogP contribution is -2.40. The third-order valence-corrected chi connectivity index (χ3v) is 31.2. The maximum atomic E-state index is 10.4. The number of phenols is 4. The molecule has 0 radical (unpaired) electrons. The van der Waals surface area contributed by atoms with E-state index in [4.69, 9.17) is 9.47 Å². The highest BCUT2D eigenvalue weighted by Gasteiger charge is 2.49. The summed E-state index contributed by atoms with van der Waals surface area (Å²) in [6, 6.07) is 70.7. The summed E-state index contributed by atoms with van der Waals surface area (Å²) >= 11 is 0. The smallest absolute Gasteiger partial charge is 0.121 e. The van der Waals surface area contributed by atoms with Crippen LogP contribution in [0.2, 0.25) is 0 Å². The summed E-state index contributed by atoms with van der Waals surface area (Å²) < 4.78 is 11.4. The van der Waals surface area contributed by atoms with Gasteiger partial charge >= 0.3 is 0 Å². The van der Waals surface area contributed by atoms with Crippen molar-refractivity contribution in [2.45, 2.75) is 270 Å². The molecule has 0 atom stereocenters. The first-order chi connectivity index (χ1) is 55.1. The zero-order valence-electron chi connectivity index (χ0n) is 73.0. The van der Waals surface area contributed by atoms with Crippen LogP contribution in [0.15, 0.2) is 194 Å². The number of ether oxygens (including phenoxy) is 2. The third kappa shape index (κ3) is 15.9. The summed E-state index contributed by atoms with van der Waals surface area (Å²) in [5, 5.41) is 61.7. The number of aliphatic hydroxyl groups is 2. The number of aliphatic hydroxyl groups excluding tert-OH is 2. The van der Waals surface area contributed by atoms with E-state index < -0.39 is 0 Å². The molecule has 10 aromatic rings. The van der Waals surface area contributed by atoms with Crippen LogP contribution in [0.5, 0.6) is 34.5 Å². The minimum Gasteiger partial charge on any atom is -0.508 e. The van der Waals surface area contributed by atoms with Gasteiger partial charge in [0.25, 0.3) is 0 Å². The average molecular weight is 1560 g/mol. The van der Waals surface area contributed by atoms with Crippen molar-refractivity contribution >= 4 is 0 Å². The lowest BCUT2D eigenvalue weighted by atomic mass is 9.56. The van der Waals surface area contributed by atoms with E-state index in [9.17, 15) is 30.6 Å². The van der Waals surface area contributed by atoms with Crippen molar-refractivity contribution in [1.29, 1.82) is 0 Å². The quantitative estimate of drug-likeness (QED) is 0.0443. The van der Waals surface area contributed by atoms with Crippen LogP contribution in [-0.4, -0.2) is 44.9 Å². The first-order valence-corrected chi connectivity index (χ1v) is 43.3. The fraction of sp³-hybridized carbons (Fsp3) is 0.444. The first-order valence-electron chi connectivity index (χ1n) is 43.3. The van der Waals surface area contributed by atoms with E-state index in [0.717, 1.165) is 159 Å². The van der Waals surface area contributed by atoms with Gasteiger partial charge in [-0.1, -0.05) is 213 Å². The molecule has 4 fully saturated rings. The number of aryl methyl sites for hydroxylation is 8. The normalized spacial score (nSPS) is 17.6. The van der Waals surface area contributed by atoms with Crippen molar-refractivity contribution in [1.82, 2.24) is 0 Å². The van der Waals surface area contributed by atoms with E-state index in [0.29, 0.717) is 46.7 Å². The molecule has 0 aliphatic heterocycles. The predicted molar refractivity (Wildman–Crippen MR) is 477 cm³/mol. The highest BCUT2D eigenvalue weighted by molar-refractivity contribution is 5.54. The third-order valence-electron chi connectivity index (χ3n) is 31.2. The molecular formula is C108H132O8. The summed E-state index contributed by atoms with van der Waals surface area (Å²) in [5.41, 5.74) is 25.8. The first kappa shape index (κ1) is 84.8. The van der Waals surface area contributed by atoms with Gasteiger partial charge in [0.15, 0.2) is 0 Å². The molecule has 612 valence electrons. The van der Waals surface area contributed by atoms with Crippen molar-refractivity contribution in [2.75, 3.05) is 14.2 Å². The number of benzene rings is 10. The highest BCUT2D eigenvalue weighted by Crippen LogP contribution is 2.58. The topological polar surface area (TPSA) is 140 Å². The zero-order valence-corrected chi connectivity index (χ0v) is 73.0. The molecule has 0 aromatic heterocycles. The molecule has 0 unspecified atom stereocenters. The summed E-state index contributed by atoms with van der Waals surface area (Å²) in [5.74, 6) is 5.30. The van der Waals surface area contributed by atoms with Crippen LogP contribution in [0, 0.1) is 79.1 Å². The number of aromatic hydroxyl groups is 4. The average Bonchev–Trinajstić information content (AvgIpc) is 0.758. The summed E-state index contributed by atoms with van der Waals surface area (Å²) in [4.78, 5) is 0. The molecule has 0 amide bonds. The van der Waals surface area contributed by atoms with Crippen molar-refractivity contribution < 1.29 is 40.1 Å². The number of methoxy groups -OCH3 is 2. The maximum absolute atomic E-state index is 10.4. The maximum Gasteiger partial charge on any atom is 0.121 e. The summed E-state index contributed by atoms with van der Waals surface area (Å²) in [6.45, 7) is 36.4. The van der Waals surface area contributed by atoms with Crippen LogP contribution < -0.4 is 9.47 Å². The van der Waals surface area contributed by atoms with Gasteiger partial charge in [-0.15, -0.1) is 0 Å². The van der Waals surface area contributed by atoms with Gasteiger partial charge in [0, 0.05) is 21.7 Å². The molecule has 0 heterocycles. The van der Waals surface area contributed by atoms with Gasteiger partial charge in [-0.3, -0.25) is 0 Å². The summed E-state index contributed by atoms with van der Waals surface area (Å²) in [7, 11) is 3.52. The highest BCUT2D eigenvalue weighted by atomic mass is 16.5. The lowest BCUT2D eigenvalue weighted by Gasteiger charge is -2.47. The Morgan fingerprint density at radius 1 is 0.267 bits per heavy atom. The molecule has 4 saturated carbocycles. The Morgan fingerprint density at radius 2 is 0.466 bits per heavy atom. The van der Waals surface area contributed by atoms with Crippen molar-refractivity contribution in [3.63, 3.8) is 0 Å². The number of hydrogen-bond acceptors (Lipinski definition) is 8. The van der Waals surface area contributed by atoms with Crippen LogP contribution in [0.1, 0.15) is 281 Å². The predicted octanol–water partition coefficient (Wildman–Crippen LogP) is 25.5. The SMILES string of the molecule is COc1ccc(C2(c3ccc(OC)c(C)c3)CCC(C(C)(C)c3cccc(C(C)(C)C4CCC(c5ccc(CO)c(C)c5)(c5ccc(CO)c(C)c5)CC4)c3)CC2)cc1C.Cc1cc(C2(c3ccc(O)c(C)c3)CCC(C(C)(C)c3cccc(C(C)(C)C4CCC(c5ccc(O)c(C)c5)(c5ccc(O)c(C)c5)CC4)c3)CC2)ccc1O. The molecule has 4 aliphatic carbocycles. The van der Waals surface area contributed by atoms with Gasteiger partial charge in [0.05, 0.1) is 27.4 Å². The van der Waals surface area contributed by atoms with Crippen molar-refractivity contribution in [2.24, 2.45) is 23.7 Å².